The number of piperidine rings is 1. The van der Waals surface area contributed by atoms with Gasteiger partial charge in [0, 0.05) is 43.0 Å². The summed E-state index contributed by atoms with van der Waals surface area (Å²) in [5.41, 5.74) is 2.93. The maximum atomic E-state index is 13.6. The lowest BCUT2D eigenvalue weighted by molar-refractivity contribution is -0.139. The van der Waals surface area contributed by atoms with Gasteiger partial charge in [0.05, 0.1) is 11.5 Å². The lowest BCUT2D eigenvalue weighted by Gasteiger charge is -2.42. The first-order chi connectivity index (χ1) is 14.9. The van der Waals surface area contributed by atoms with Crippen LogP contribution in [0.15, 0.2) is 18.2 Å². The maximum absolute atomic E-state index is 13.6. The molecule has 6 heteroatoms. The van der Waals surface area contributed by atoms with Crippen LogP contribution >= 0.6 is 0 Å². The summed E-state index contributed by atoms with van der Waals surface area (Å²) in [4.78, 5) is 30.2. The van der Waals surface area contributed by atoms with E-state index < -0.39 is 0 Å². The molecule has 6 nitrogen and oxygen atoms in total. The SMILES string of the molecule is Cc1cc(NC(=O)C2CC2)ccc1N1CCCC2(CCN([C@H]3CC[C@H](O)CC3)C2=O)C1. The number of hydrogen-bond donors (Lipinski definition) is 2. The molecule has 2 saturated heterocycles. The van der Waals surface area contributed by atoms with Crippen LogP contribution in [0.1, 0.15) is 63.4 Å². The molecule has 31 heavy (non-hydrogen) atoms. The number of nitrogens with zero attached hydrogens (tertiary/aromatic N) is 2. The van der Waals surface area contributed by atoms with Crippen LogP contribution in [0.3, 0.4) is 0 Å². The zero-order valence-corrected chi connectivity index (χ0v) is 18.6. The Morgan fingerprint density at radius 3 is 2.58 bits per heavy atom. The largest absolute Gasteiger partial charge is 0.393 e. The van der Waals surface area contributed by atoms with Crippen LogP contribution in [0.5, 0.6) is 0 Å². The van der Waals surface area contributed by atoms with Crippen molar-refractivity contribution in [2.75, 3.05) is 29.9 Å². The Kier molecular flexibility index (Phi) is 5.45. The highest BCUT2D eigenvalue weighted by Gasteiger charge is 2.50. The number of carbonyl (C=O) groups is 2. The second-order valence-corrected chi connectivity index (χ2v) is 10.3. The molecule has 2 heterocycles. The number of rotatable bonds is 4. The molecule has 1 aromatic carbocycles. The molecular formula is C25H35N3O3. The van der Waals surface area contributed by atoms with Gasteiger partial charge in [0.2, 0.25) is 11.8 Å². The van der Waals surface area contributed by atoms with Gasteiger partial charge >= 0.3 is 0 Å². The van der Waals surface area contributed by atoms with Crippen molar-refractivity contribution in [3.05, 3.63) is 23.8 Å². The van der Waals surface area contributed by atoms with E-state index in [-0.39, 0.29) is 23.3 Å². The van der Waals surface area contributed by atoms with Crippen molar-refractivity contribution in [1.82, 2.24) is 4.90 Å². The van der Waals surface area contributed by atoms with E-state index in [0.717, 1.165) is 88.7 Å². The number of benzene rings is 1. The van der Waals surface area contributed by atoms with Gasteiger partial charge in [0.15, 0.2) is 0 Å². The average Bonchev–Trinajstić information content (AvgIpc) is 3.56. The van der Waals surface area contributed by atoms with Gasteiger partial charge in [0.25, 0.3) is 0 Å². The minimum atomic E-state index is -0.264. The van der Waals surface area contributed by atoms with Gasteiger partial charge in [-0.3, -0.25) is 9.59 Å². The predicted octanol–water partition coefficient (Wildman–Crippen LogP) is 3.47. The fourth-order valence-electron chi connectivity index (χ4n) is 5.96. The van der Waals surface area contributed by atoms with E-state index in [1.54, 1.807) is 0 Å². The molecule has 0 aromatic heterocycles. The lowest BCUT2D eigenvalue weighted by atomic mass is 9.78. The van der Waals surface area contributed by atoms with E-state index in [1.807, 2.05) is 6.07 Å². The Morgan fingerprint density at radius 2 is 1.87 bits per heavy atom. The van der Waals surface area contributed by atoms with Crippen LogP contribution in [0.4, 0.5) is 11.4 Å². The molecule has 4 fully saturated rings. The standard InChI is InChI=1S/C25H35N3O3/c1-17-15-19(26-23(30)18-3-4-18)5-10-22(17)27-13-2-11-25(16-27)12-14-28(24(25)31)20-6-8-21(29)9-7-20/h5,10,15,18,20-21,29H,2-4,6-9,11-14,16H2,1H3,(H,26,30)/t20-,21-,25?. The number of nitrogens with one attached hydrogen (secondary N) is 1. The summed E-state index contributed by atoms with van der Waals surface area (Å²) in [6.07, 6.45) is 8.26. The van der Waals surface area contributed by atoms with Crippen molar-refractivity contribution in [2.24, 2.45) is 11.3 Å². The van der Waals surface area contributed by atoms with Gasteiger partial charge in [-0.15, -0.1) is 0 Å². The molecule has 2 aliphatic carbocycles. The molecule has 1 spiro atoms. The average molecular weight is 426 g/mol. The molecule has 0 radical (unpaired) electrons. The highest BCUT2D eigenvalue weighted by molar-refractivity contribution is 5.94. The summed E-state index contributed by atoms with van der Waals surface area (Å²) in [5.74, 6) is 0.672. The highest BCUT2D eigenvalue weighted by atomic mass is 16.3. The molecule has 1 atom stereocenters. The molecule has 2 amide bonds. The molecule has 5 rings (SSSR count). The third kappa shape index (κ3) is 4.07. The van der Waals surface area contributed by atoms with Crippen LogP contribution in [0.2, 0.25) is 0 Å². The second-order valence-electron chi connectivity index (χ2n) is 10.3. The zero-order valence-electron chi connectivity index (χ0n) is 18.6. The van der Waals surface area contributed by atoms with Crippen molar-refractivity contribution < 1.29 is 14.7 Å². The summed E-state index contributed by atoms with van der Waals surface area (Å²) >= 11 is 0. The summed E-state index contributed by atoms with van der Waals surface area (Å²) in [6, 6.07) is 6.48. The summed E-state index contributed by atoms with van der Waals surface area (Å²) in [6.45, 7) is 4.71. The number of hydrogen-bond acceptors (Lipinski definition) is 4. The Labute approximate surface area is 185 Å². The number of anilines is 2. The number of carbonyl (C=O) groups excluding carboxylic acids is 2. The van der Waals surface area contributed by atoms with Gasteiger partial charge < -0.3 is 20.2 Å². The highest BCUT2D eigenvalue weighted by Crippen LogP contribution is 2.44. The van der Waals surface area contributed by atoms with E-state index in [1.165, 1.54) is 5.69 Å². The van der Waals surface area contributed by atoms with E-state index >= 15 is 0 Å². The molecule has 0 bridgehead atoms. The van der Waals surface area contributed by atoms with Gasteiger partial charge in [-0.2, -0.15) is 0 Å². The Morgan fingerprint density at radius 1 is 1.10 bits per heavy atom. The number of aliphatic hydroxyl groups is 1. The fraction of sp³-hybridized carbons (Fsp3) is 0.680. The number of aryl methyl sites for hydroxylation is 1. The molecular weight excluding hydrogens is 390 g/mol. The number of amides is 2. The third-order valence-electron chi connectivity index (χ3n) is 7.98. The normalized spacial score (nSPS) is 31.4. The second kappa shape index (κ2) is 8.12. The van der Waals surface area contributed by atoms with Gasteiger partial charge in [0.1, 0.15) is 0 Å². The topological polar surface area (TPSA) is 72.9 Å². The van der Waals surface area contributed by atoms with E-state index in [9.17, 15) is 14.7 Å². The van der Waals surface area contributed by atoms with Crippen molar-refractivity contribution in [3.63, 3.8) is 0 Å². The van der Waals surface area contributed by atoms with Crippen LogP contribution in [-0.4, -0.2) is 53.6 Å². The Bertz CT molecular complexity index is 860. The zero-order chi connectivity index (χ0) is 21.6. The Balaban J connectivity index is 1.28. The first-order valence-electron chi connectivity index (χ1n) is 12.1. The fourth-order valence-corrected chi connectivity index (χ4v) is 5.96. The van der Waals surface area contributed by atoms with E-state index in [0.29, 0.717) is 11.9 Å². The lowest BCUT2D eigenvalue weighted by Crippen LogP contribution is -2.50. The van der Waals surface area contributed by atoms with Gasteiger partial charge in [-0.05, 0) is 88.5 Å². The number of likely N-dealkylation sites (tertiary alicyclic amines) is 1. The molecule has 2 N–H and O–H groups in total. The Hall–Kier alpha value is -2.08. The molecule has 168 valence electrons. The maximum Gasteiger partial charge on any atom is 0.230 e. The quantitative estimate of drug-likeness (QED) is 0.775. The van der Waals surface area contributed by atoms with Gasteiger partial charge in [-0.1, -0.05) is 0 Å². The van der Waals surface area contributed by atoms with Crippen LogP contribution in [0, 0.1) is 18.3 Å². The predicted molar refractivity (Wildman–Crippen MR) is 121 cm³/mol. The smallest absolute Gasteiger partial charge is 0.230 e. The summed E-state index contributed by atoms with van der Waals surface area (Å²) in [7, 11) is 0. The number of aliphatic hydroxyl groups excluding tert-OH is 1. The molecule has 2 saturated carbocycles. The van der Waals surface area contributed by atoms with Crippen molar-refractivity contribution >= 4 is 23.2 Å². The van der Waals surface area contributed by atoms with Gasteiger partial charge in [-0.25, -0.2) is 0 Å². The van der Waals surface area contributed by atoms with Crippen LogP contribution in [-0.2, 0) is 9.59 Å². The van der Waals surface area contributed by atoms with E-state index in [4.69, 9.17) is 0 Å². The summed E-state index contributed by atoms with van der Waals surface area (Å²) in [5, 5.41) is 12.9. The van der Waals surface area contributed by atoms with Crippen molar-refractivity contribution in [2.45, 2.75) is 76.9 Å². The minimum absolute atomic E-state index is 0.135. The third-order valence-corrected chi connectivity index (χ3v) is 7.98. The van der Waals surface area contributed by atoms with Crippen LogP contribution < -0.4 is 10.2 Å². The van der Waals surface area contributed by atoms with Crippen molar-refractivity contribution in [1.29, 1.82) is 0 Å². The van der Waals surface area contributed by atoms with E-state index in [2.05, 4.69) is 34.2 Å². The molecule has 4 aliphatic rings. The minimum Gasteiger partial charge on any atom is -0.393 e. The first-order valence-corrected chi connectivity index (χ1v) is 12.1. The first kappa shape index (κ1) is 20.8. The molecule has 1 unspecified atom stereocenters. The summed E-state index contributed by atoms with van der Waals surface area (Å²) < 4.78 is 0. The monoisotopic (exact) mass is 425 g/mol. The molecule has 2 aliphatic heterocycles. The molecule has 1 aromatic rings. The van der Waals surface area contributed by atoms with Crippen molar-refractivity contribution in [3.8, 4) is 0 Å². The van der Waals surface area contributed by atoms with Crippen LogP contribution in [0.25, 0.3) is 0 Å².